The number of thioether (sulfide) groups is 1. The average Bonchev–Trinajstić information content (AvgIpc) is 3.25. The Kier molecular flexibility index (Phi) is 6.00. The Balaban J connectivity index is 1.31. The molecule has 2 amide bonds. The summed E-state index contributed by atoms with van der Waals surface area (Å²) in [6, 6.07) is 19.9. The molecule has 0 atom stereocenters. The predicted molar refractivity (Wildman–Crippen MR) is 113 cm³/mol. The molecule has 2 aromatic carbocycles. The number of hydrogen-bond donors (Lipinski definition) is 1. The van der Waals surface area contributed by atoms with Crippen molar-refractivity contribution in [1.82, 2.24) is 10.2 Å². The third kappa shape index (κ3) is 4.71. The Morgan fingerprint density at radius 3 is 2.59 bits per heavy atom. The lowest BCUT2D eigenvalue weighted by atomic mass is 10.00. The molecule has 0 saturated carbocycles. The van der Waals surface area contributed by atoms with Gasteiger partial charge >= 0.3 is 0 Å². The van der Waals surface area contributed by atoms with Gasteiger partial charge in [0.25, 0.3) is 5.91 Å². The Labute approximate surface area is 174 Å². The SMILES string of the molecule is O=C(NCC(=O)N1CCc2ccccc2C1)c1occc1CSc1ccccc1. The molecule has 0 saturated heterocycles. The lowest BCUT2D eigenvalue weighted by molar-refractivity contribution is -0.131. The highest BCUT2D eigenvalue weighted by atomic mass is 32.2. The highest BCUT2D eigenvalue weighted by Gasteiger charge is 2.22. The van der Waals surface area contributed by atoms with Crippen molar-refractivity contribution in [1.29, 1.82) is 0 Å². The van der Waals surface area contributed by atoms with Gasteiger partial charge < -0.3 is 14.6 Å². The van der Waals surface area contributed by atoms with Gasteiger partial charge in [-0.25, -0.2) is 0 Å². The molecule has 4 rings (SSSR count). The van der Waals surface area contributed by atoms with Crippen LogP contribution in [-0.4, -0.2) is 29.8 Å². The summed E-state index contributed by atoms with van der Waals surface area (Å²) in [6.07, 6.45) is 2.36. The highest BCUT2D eigenvalue weighted by molar-refractivity contribution is 7.98. The van der Waals surface area contributed by atoms with Crippen LogP contribution in [0.3, 0.4) is 0 Å². The topological polar surface area (TPSA) is 62.6 Å². The number of benzene rings is 2. The molecular weight excluding hydrogens is 384 g/mol. The van der Waals surface area contributed by atoms with E-state index >= 15 is 0 Å². The first-order chi connectivity index (χ1) is 14.2. The van der Waals surface area contributed by atoms with Gasteiger partial charge in [-0.15, -0.1) is 11.8 Å². The molecule has 0 aliphatic carbocycles. The number of amides is 2. The molecule has 1 aromatic heterocycles. The minimum Gasteiger partial charge on any atom is -0.459 e. The standard InChI is InChI=1S/C23H22N2O3S/c26-21(25-12-10-17-6-4-5-7-18(17)15-25)14-24-23(27)22-19(11-13-28-22)16-29-20-8-2-1-3-9-20/h1-9,11,13H,10,12,14-16H2,(H,24,27). The van der Waals surface area contributed by atoms with E-state index in [9.17, 15) is 9.59 Å². The maximum atomic E-state index is 12.6. The maximum absolute atomic E-state index is 12.6. The lowest BCUT2D eigenvalue weighted by Crippen LogP contribution is -2.42. The Bertz CT molecular complexity index is 1000. The largest absolute Gasteiger partial charge is 0.459 e. The molecule has 0 spiro atoms. The van der Waals surface area contributed by atoms with Crippen LogP contribution in [0, 0.1) is 0 Å². The average molecular weight is 407 g/mol. The summed E-state index contributed by atoms with van der Waals surface area (Å²) < 4.78 is 5.39. The molecule has 29 heavy (non-hydrogen) atoms. The smallest absolute Gasteiger partial charge is 0.287 e. The van der Waals surface area contributed by atoms with Gasteiger partial charge in [0.05, 0.1) is 12.8 Å². The van der Waals surface area contributed by atoms with Gasteiger partial charge in [-0.3, -0.25) is 9.59 Å². The second-order valence-corrected chi connectivity index (χ2v) is 7.94. The van der Waals surface area contributed by atoms with Crippen LogP contribution in [0.1, 0.15) is 27.2 Å². The van der Waals surface area contributed by atoms with Crippen molar-refractivity contribution in [2.75, 3.05) is 13.1 Å². The number of rotatable bonds is 6. The third-order valence-electron chi connectivity index (χ3n) is 4.97. The Morgan fingerprint density at radius 1 is 1.00 bits per heavy atom. The van der Waals surface area contributed by atoms with Crippen molar-refractivity contribution in [3.8, 4) is 0 Å². The summed E-state index contributed by atoms with van der Waals surface area (Å²) in [5, 5.41) is 2.71. The maximum Gasteiger partial charge on any atom is 0.287 e. The van der Waals surface area contributed by atoms with Crippen molar-refractivity contribution in [2.24, 2.45) is 0 Å². The monoisotopic (exact) mass is 406 g/mol. The van der Waals surface area contributed by atoms with E-state index in [1.54, 1.807) is 22.7 Å². The van der Waals surface area contributed by atoms with Crippen LogP contribution in [0.5, 0.6) is 0 Å². The third-order valence-corrected chi connectivity index (χ3v) is 6.03. The van der Waals surface area contributed by atoms with E-state index in [0.29, 0.717) is 18.8 Å². The summed E-state index contributed by atoms with van der Waals surface area (Å²) in [6.45, 7) is 1.23. The summed E-state index contributed by atoms with van der Waals surface area (Å²) in [5.41, 5.74) is 3.28. The van der Waals surface area contributed by atoms with Crippen LogP contribution in [0.25, 0.3) is 0 Å². The number of carbonyl (C=O) groups is 2. The zero-order valence-electron chi connectivity index (χ0n) is 16.0. The predicted octanol–water partition coefficient (Wildman–Crippen LogP) is 3.89. The summed E-state index contributed by atoms with van der Waals surface area (Å²) in [4.78, 5) is 28.0. The Morgan fingerprint density at radius 2 is 1.76 bits per heavy atom. The summed E-state index contributed by atoms with van der Waals surface area (Å²) in [5.74, 6) is 0.453. The van der Waals surface area contributed by atoms with Gasteiger partial charge in [-0.1, -0.05) is 42.5 Å². The molecule has 6 heteroatoms. The normalized spacial score (nSPS) is 13.0. The summed E-state index contributed by atoms with van der Waals surface area (Å²) >= 11 is 1.64. The molecule has 148 valence electrons. The van der Waals surface area contributed by atoms with E-state index in [-0.39, 0.29) is 24.1 Å². The minimum atomic E-state index is -0.357. The number of nitrogens with zero attached hydrogens (tertiary/aromatic N) is 1. The number of fused-ring (bicyclic) bond motifs is 1. The van der Waals surface area contributed by atoms with E-state index in [0.717, 1.165) is 16.9 Å². The molecule has 5 nitrogen and oxygen atoms in total. The number of furan rings is 1. The van der Waals surface area contributed by atoms with Gasteiger partial charge in [0, 0.05) is 29.3 Å². The van der Waals surface area contributed by atoms with Crippen LogP contribution in [-0.2, 0) is 23.5 Å². The van der Waals surface area contributed by atoms with E-state index < -0.39 is 0 Å². The van der Waals surface area contributed by atoms with Crippen LogP contribution in [0.2, 0.25) is 0 Å². The molecule has 0 unspecified atom stereocenters. The van der Waals surface area contributed by atoms with Gasteiger partial charge in [-0.05, 0) is 35.7 Å². The minimum absolute atomic E-state index is 0.0348. The highest BCUT2D eigenvalue weighted by Crippen LogP contribution is 2.25. The van der Waals surface area contributed by atoms with E-state index in [1.165, 1.54) is 17.4 Å². The van der Waals surface area contributed by atoms with Gasteiger partial charge in [0.2, 0.25) is 5.91 Å². The van der Waals surface area contributed by atoms with Crippen LogP contribution < -0.4 is 5.32 Å². The first-order valence-electron chi connectivity index (χ1n) is 9.57. The second-order valence-electron chi connectivity index (χ2n) is 6.89. The molecule has 1 N–H and O–H groups in total. The molecule has 3 aromatic rings. The fraction of sp³-hybridized carbons (Fsp3) is 0.217. The molecule has 2 heterocycles. The van der Waals surface area contributed by atoms with Crippen LogP contribution in [0.4, 0.5) is 0 Å². The molecule has 0 bridgehead atoms. The number of nitrogens with one attached hydrogen (secondary N) is 1. The van der Waals surface area contributed by atoms with Gasteiger partial charge in [0.15, 0.2) is 5.76 Å². The van der Waals surface area contributed by atoms with E-state index in [1.807, 2.05) is 48.5 Å². The molecule has 1 aliphatic rings. The van der Waals surface area contributed by atoms with Crippen LogP contribution in [0.15, 0.2) is 76.2 Å². The van der Waals surface area contributed by atoms with Crippen LogP contribution >= 0.6 is 11.8 Å². The van der Waals surface area contributed by atoms with Gasteiger partial charge in [-0.2, -0.15) is 0 Å². The molecule has 0 fully saturated rings. The zero-order chi connectivity index (χ0) is 20.1. The van der Waals surface area contributed by atoms with Gasteiger partial charge in [0.1, 0.15) is 0 Å². The van der Waals surface area contributed by atoms with Crippen molar-refractivity contribution < 1.29 is 14.0 Å². The zero-order valence-corrected chi connectivity index (χ0v) is 16.8. The number of hydrogen-bond acceptors (Lipinski definition) is 4. The molecule has 1 aliphatic heterocycles. The molecular formula is C23H22N2O3S. The summed E-state index contributed by atoms with van der Waals surface area (Å²) in [7, 11) is 0. The van der Waals surface area contributed by atoms with Crippen molar-refractivity contribution >= 4 is 23.6 Å². The first kappa shape index (κ1) is 19.3. The second kappa shape index (κ2) is 9.01. The fourth-order valence-electron chi connectivity index (χ4n) is 3.38. The quantitative estimate of drug-likeness (QED) is 0.631. The van der Waals surface area contributed by atoms with Crippen molar-refractivity contribution in [2.45, 2.75) is 23.6 Å². The van der Waals surface area contributed by atoms with E-state index in [2.05, 4.69) is 11.4 Å². The fourth-order valence-corrected chi connectivity index (χ4v) is 4.28. The first-order valence-corrected chi connectivity index (χ1v) is 10.6. The Hall–Kier alpha value is -2.99. The van der Waals surface area contributed by atoms with Crippen molar-refractivity contribution in [3.05, 3.63) is 89.4 Å². The number of carbonyl (C=O) groups excluding carboxylic acids is 2. The van der Waals surface area contributed by atoms with E-state index in [4.69, 9.17) is 4.42 Å². The molecule has 0 radical (unpaired) electrons. The van der Waals surface area contributed by atoms with Crippen molar-refractivity contribution in [3.63, 3.8) is 0 Å². The lowest BCUT2D eigenvalue weighted by Gasteiger charge is -2.28.